The van der Waals surface area contributed by atoms with Crippen LogP contribution in [0.25, 0.3) is 0 Å². The highest BCUT2D eigenvalue weighted by Crippen LogP contribution is 2.26. The molecule has 2 N–H and O–H groups in total. The van der Waals surface area contributed by atoms with Gasteiger partial charge in [0.25, 0.3) is 0 Å². The van der Waals surface area contributed by atoms with E-state index in [0.717, 1.165) is 6.92 Å². The van der Waals surface area contributed by atoms with Crippen LogP contribution in [0.3, 0.4) is 0 Å². The van der Waals surface area contributed by atoms with Crippen molar-refractivity contribution in [3.05, 3.63) is 29.3 Å². The molecule has 0 spiro atoms. The first-order chi connectivity index (χ1) is 8.75. The fraction of sp³-hybridized carbons (Fsp3) is 0.417. The molecule has 0 saturated heterocycles. The largest absolute Gasteiger partial charge is 0.496 e. The van der Waals surface area contributed by atoms with Crippen molar-refractivity contribution in [1.82, 2.24) is 0 Å². The van der Waals surface area contributed by atoms with Gasteiger partial charge in [-0.25, -0.2) is 0 Å². The Morgan fingerprint density at radius 2 is 2.05 bits per heavy atom. The fourth-order valence-corrected chi connectivity index (χ4v) is 1.48. The molecule has 0 fully saturated rings. The summed E-state index contributed by atoms with van der Waals surface area (Å²) in [5, 5.41) is 0. The minimum absolute atomic E-state index is 0.160. The summed E-state index contributed by atoms with van der Waals surface area (Å²) < 4.78 is 46.9. The van der Waals surface area contributed by atoms with Crippen LogP contribution < -0.4 is 10.5 Å². The van der Waals surface area contributed by atoms with E-state index in [4.69, 9.17) is 27.4 Å². The molecule has 1 unspecified atom stereocenters. The van der Waals surface area contributed by atoms with E-state index >= 15 is 0 Å². The first-order valence-electron chi connectivity index (χ1n) is 5.40. The molecule has 106 valence electrons. The van der Waals surface area contributed by atoms with Gasteiger partial charge in [0.2, 0.25) is 0 Å². The predicted octanol–water partition coefficient (Wildman–Crippen LogP) is 2.80. The zero-order chi connectivity index (χ0) is 14.6. The lowest BCUT2D eigenvalue weighted by Crippen LogP contribution is -2.28. The standard InChI is InChI=1S/C12H14F3NO2S/c1-7(12(13,14)15)18-6-9-5-8(11(16)19)3-4-10(9)17-2/h3-5,7H,6H2,1-2H3,(H2,16,19). The summed E-state index contributed by atoms with van der Waals surface area (Å²) >= 11 is 4.81. The van der Waals surface area contributed by atoms with E-state index in [1.165, 1.54) is 7.11 Å². The molecule has 0 radical (unpaired) electrons. The van der Waals surface area contributed by atoms with Crippen LogP contribution in [-0.4, -0.2) is 24.4 Å². The zero-order valence-electron chi connectivity index (χ0n) is 10.5. The van der Waals surface area contributed by atoms with Gasteiger partial charge in [-0.1, -0.05) is 12.2 Å². The van der Waals surface area contributed by atoms with Gasteiger partial charge in [0.15, 0.2) is 6.10 Å². The second-order valence-corrected chi connectivity index (χ2v) is 4.33. The minimum atomic E-state index is -4.39. The molecule has 7 heteroatoms. The van der Waals surface area contributed by atoms with Crippen molar-refractivity contribution < 1.29 is 22.6 Å². The fourth-order valence-electron chi connectivity index (χ4n) is 1.35. The van der Waals surface area contributed by atoms with Gasteiger partial charge < -0.3 is 15.2 Å². The molecule has 1 aromatic carbocycles. The Morgan fingerprint density at radius 1 is 1.42 bits per heavy atom. The minimum Gasteiger partial charge on any atom is -0.496 e. The number of benzene rings is 1. The van der Waals surface area contributed by atoms with E-state index in [1.54, 1.807) is 18.2 Å². The number of halogens is 3. The maximum atomic E-state index is 12.3. The van der Waals surface area contributed by atoms with Crippen LogP contribution in [0.1, 0.15) is 18.1 Å². The lowest BCUT2D eigenvalue weighted by atomic mass is 10.1. The van der Waals surface area contributed by atoms with Crippen LogP contribution in [0.5, 0.6) is 5.75 Å². The number of rotatable bonds is 5. The lowest BCUT2D eigenvalue weighted by Gasteiger charge is -2.17. The van der Waals surface area contributed by atoms with Crippen LogP contribution >= 0.6 is 12.2 Å². The second kappa shape index (κ2) is 6.21. The molecule has 0 heterocycles. The Kier molecular flexibility index (Phi) is 5.13. The van der Waals surface area contributed by atoms with E-state index in [-0.39, 0.29) is 11.6 Å². The lowest BCUT2D eigenvalue weighted by molar-refractivity contribution is -0.217. The molecule has 1 aromatic rings. The van der Waals surface area contributed by atoms with E-state index in [0.29, 0.717) is 16.9 Å². The third-order valence-electron chi connectivity index (χ3n) is 2.51. The molecule has 1 rings (SSSR count). The monoisotopic (exact) mass is 293 g/mol. The van der Waals surface area contributed by atoms with Gasteiger partial charge in [0, 0.05) is 11.1 Å². The molecule has 0 bridgehead atoms. The van der Waals surface area contributed by atoms with Crippen LogP contribution in [0.4, 0.5) is 13.2 Å². The summed E-state index contributed by atoms with van der Waals surface area (Å²) in [4.78, 5) is 0.160. The first-order valence-corrected chi connectivity index (χ1v) is 5.81. The second-order valence-electron chi connectivity index (χ2n) is 3.89. The van der Waals surface area contributed by atoms with Gasteiger partial charge in [-0.2, -0.15) is 13.2 Å². The SMILES string of the molecule is COc1ccc(C(N)=S)cc1COC(C)C(F)(F)F. The van der Waals surface area contributed by atoms with Gasteiger partial charge in [-0.05, 0) is 25.1 Å². The summed E-state index contributed by atoms with van der Waals surface area (Å²) in [6.07, 6.45) is -6.25. The van der Waals surface area contributed by atoms with Crippen molar-refractivity contribution in [1.29, 1.82) is 0 Å². The van der Waals surface area contributed by atoms with E-state index < -0.39 is 12.3 Å². The first kappa shape index (κ1) is 15.7. The summed E-state index contributed by atoms with van der Waals surface area (Å²) in [6, 6.07) is 4.79. The number of hydrogen-bond donors (Lipinski definition) is 1. The van der Waals surface area contributed by atoms with Crippen molar-refractivity contribution in [3.8, 4) is 5.75 Å². The molecular formula is C12H14F3NO2S. The van der Waals surface area contributed by atoms with Crippen LogP contribution in [0, 0.1) is 0 Å². The van der Waals surface area contributed by atoms with Crippen LogP contribution in [0.15, 0.2) is 18.2 Å². The molecule has 3 nitrogen and oxygen atoms in total. The number of hydrogen-bond acceptors (Lipinski definition) is 3. The number of thiocarbonyl (C=S) groups is 1. The zero-order valence-corrected chi connectivity index (χ0v) is 11.3. The summed E-state index contributed by atoms with van der Waals surface area (Å²) in [6.45, 7) is 0.712. The van der Waals surface area contributed by atoms with E-state index in [9.17, 15) is 13.2 Å². The molecule has 0 amide bonds. The highest BCUT2D eigenvalue weighted by molar-refractivity contribution is 7.80. The molecule has 0 aliphatic carbocycles. The van der Waals surface area contributed by atoms with Gasteiger partial charge >= 0.3 is 6.18 Å². The van der Waals surface area contributed by atoms with Crippen molar-refractivity contribution >= 4 is 17.2 Å². The smallest absolute Gasteiger partial charge is 0.414 e. The Hall–Kier alpha value is -1.34. The highest BCUT2D eigenvalue weighted by atomic mass is 32.1. The predicted molar refractivity (Wildman–Crippen MR) is 69.2 cm³/mol. The third kappa shape index (κ3) is 4.36. The average molecular weight is 293 g/mol. The molecule has 19 heavy (non-hydrogen) atoms. The quantitative estimate of drug-likeness (QED) is 0.848. The van der Waals surface area contributed by atoms with Crippen LogP contribution in [0.2, 0.25) is 0 Å². The molecule has 0 aliphatic heterocycles. The molecule has 1 atom stereocenters. The van der Waals surface area contributed by atoms with Gasteiger partial charge in [0.05, 0.1) is 13.7 Å². The highest BCUT2D eigenvalue weighted by Gasteiger charge is 2.36. The van der Waals surface area contributed by atoms with Crippen molar-refractivity contribution in [2.45, 2.75) is 25.8 Å². The van der Waals surface area contributed by atoms with Crippen molar-refractivity contribution in [3.63, 3.8) is 0 Å². The van der Waals surface area contributed by atoms with Gasteiger partial charge in [-0.3, -0.25) is 0 Å². The molecule has 0 aromatic heterocycles. The summed E-state index contributed by atoms with van der Waals surface area (Å²) in [5.41, 5.74) is 6.48. The normalized spacial score (nSPS) is 13.1. The van der Waals surface area contributed by atoms with Crippen LogP contribution in [-0.2, 0) is 11.3 Å². The topological polar surface area (TPSA) is 44.5 Å². The maximum absolute atomic E-state index is 12.3. The van der Waals surface area contributed by atoms with Gasteiger partial charge in [0.1, 0.15) is 10.7 Å². The van der Waals surface area contributed by atoms with E-state index in [2.05, 4.69) is 0 Å². The Labute approximate surface area is 114 Å². The number of alkyl halides is 3. The third-order valence-corrected chi connectivity index (χ3v) is 2.75. The Morgan fingerprint density at radius 3 is 2.53 bits per heavy atom. The number of nitrogens with two attached hydrogens (primary N) is 1. The summed E-state index contributed by atoms with van der Waals surface area (Å²) in [7, 11) is 1.42. The average Bonchev–Trinajstić information content (AvgIpc) is 2.34. The molecule has 0 saturated carbocycles. The van der Waals surface area contributed by atoms with Crippen molar-refractivity contribution in [2.24, 2.45) is 5.73 Å². The number of ether oxygens (including phenoxy) is 2. The Bertz CT molecular complexity index is 463. The van der Waals surface area contributed by atoms with Gasteiger partial charge in [-0.15, -0.1) is 0 Å². The number of methoxy groups -OCH3 is 1. The van der Waals surface area contributed by atoms with E-state index in [1.807, 2.05) is 0 Å². The maximum Gasteiger partial charge on any atom is 0.414 e. The van der Waals surface area contributed by atoms with Crippen molar-refractivity contribution in [2.75, 3.05) is 7.11 Å². The summed E-state index contributed by atoms with van der Waals surface area (Å²) in [5.74, 6) is 0.425. The molecule has 0 aliphatic rings. The molecular weight excluding hydrogens is 279 g/mol. The Balaban J connectivity index is 2.87.